The van der Waals surface area contributed by atoms with Gasteiger partial charge in [0.25, 0.3) is 11.8 Å². The average Bonchev–Trinajstić information content (AvgIpc) is 3.16. The average molecular weight is 448 g/mol. The molecule has 4 rings (SSSR count). The van der Waals surface area contributed by atoms with Gasteiger partial charge in [0.15, 0.2) is 0 Å². The van der Waals surface area contributed by atoms with Gasteiger partial charge in [0, 0.05) is 24.7 Å². The van der Waals surface area contributed by atoms with Gasteiger partial charge in [-0.15, -0.1) is 0 Å². The standard InChI is InChI=1S/C12H15N3O3.C10H11ClO2/c1-7-2-3-10(18-7)12(17)15-8-4-5-14-9(6-8)11(13)16;11-9-3-1-2-4-10(9)13-8-5-7(12)6-8/h4-7,10H,2-3H2,1H3,(H2,13,16)(H,14,15,17);1-4,7-8,12H,5-6H2. The second-order valence-corrected chi connectivity index (χ2v) is 8.00. The Morgan fingerprint density at radius 1 is 1.26 bits per heavy atom. The Morgan fingerprint density at radius 2 is 2.00 bits per heavy atom. The number of hydrogen-bond acceptors (Lipinski definition) is 6. The van der Waals surface area contributed by atoms with Gasteiger partial charge in [-0.05, 0) is 44.0 Å². The molecule has 4 N–H and O–H groups in total. The maximum atomic E-state index is 11.9. The van der Waals surface area contributed by atoms with Gasteiger partial charge in [-0.25, -0.2) is 0 Å². The number of aliphatic hydroxyl groups excluding tert-OH is 1. The number of carbonyl (C=O) groups is 2. The Balaban J connectivity index is 0.000000185. The Morgan fingerprint density at radius 3 is 2.61 bits per heavy atom. The lowest BCUT2D eigenvalue weighted by Gasteiger charge is -2.31. The number of aromatic nitrogens is 1. The number of pyridine rings is 1. The van der Waals surface area contributed by atoms with Crippen LogP contribution in [-0.2, 0) is 9.53 Å². The molecule has 1 saturated heterocycles. The minimum Gasteiger partial charge on any atom is -0.489 e. The van der Waals surface area contributed by atoms with Crippen molar-refractivity contribution in [3.8, 4) is 5.75 Å². The Labute approximate surface area is 185 Å². The minimum atomic E-state index is -0.628. The van der Waals surface area contributed by atoms with Gasteiger partial charge in [-0.2, -0.15) is 0 Å². The molecule has 0 radical (unpaired) electrons. The Bertz CT molecular complexity index is 920. The molecule has 1 aromatic carbocycles. The van der Waals surface area contributed by atoms with Crippen molar-refractivity contribution in [3.63, 3.8) is 0 Å². The zero-order valence-electron chi connectivity index (χ0n) is 17.2. The summed E-state index contributed by atoms with van der Waals surface area (Å²) in [6.45, 7) is 1.94. The topological polar surface area (TPSA) is 124 Å². The number of halogens is 1. The number of ether oxygens (including phenoxy) is 2. The van der Waals surface area contributed by atoms with Crippen molar-refractivity contribution in [1.29, 1.82) is 0 Å². The molecule has 2 heterocycles. The number of aliphatic hydroxyl groups is 1. The maximum Gasteiger partial charge on any atom is 0.267 e. The lowest BCUT2D eigenvalue weighted by atomic mass is 9.92. The molecule has 2 fully saturated rings. The lowest BCUT2D eigenvalue weighted by Crippen LogP contribution is -2.37. The molecule has 8 nitrogen and oxygen atoms in total. The highest BCUT2D eigenvalue weighted by Crippen LogP contribution is 2.30. The highest BCUT2D eigenvalue weighted by atomic mass is 35.5. The van der Waals surface area contributed by atoms with E-state index in [1.54, 1.807) is 12.1 Å². The molecule has 1 aliphatic carbocycles. The van der Waals surface area contributed by atoms with E-state index in [1.807, 2.05) is 25.1 Å². The van der Waals surface area contributed by atoms with Crippen LogP contribution in [0.2, 0.25) is 5.02 Å². The number of nitrogens with zero attached hydrogens (tertiary/aromatic N) is 1. The summed E-state index contributed by atoms with van der Waals surface area (Å²) in [5, 5.41) is 12.4. The van der Waals surface area contributed by atoms with Gasteiger partial charge in [-0.3, -0.25) is 14.6 Å². The first-order valence-corrected chi connectivity index (χ1v) is 10.5. The number of benzene rings is 1. The molecule has 0 spiro atoms. The largest absolute Gasteiger partial charge is 0.489 e. The summed E-state index contributed by atoms with van der Waals surface area (Å²) in [5.41, 5.74) is 5.73. The van der Waals surface area contributed by atoms with Gasteiger partial charge in [0.2, 0.25) is 0 Å². The van der Waals surface area contributed by atoms with E-state index in [0.29, 0.717) is 35.7 Å². The third-order valence-electron chi connectivity index (χ3n) is 5.00. The molecule has 2 aromatic rings. The molecule has 2 amide bonds. The van der Waals surface area contributed by atoms with Crippen LogP contribution in [0, 0.1) is 0 Å². The molecule has 166 valence electrons. The summed E-state index contributed by atoms with van der Waals surface area (Å²) >= 11 is 5.90. The first-order valence-electron chi connectivity index (χ1n) is 10.1. The lowest BCUT2D eigenvalue weighted by molar-refractivity contribution is -0.126. The molecule has 1 aromatic heterocycles. The number of para-hydroxylation sites is 1. The molecule has 31 heavy (non-hydrogen) atoms. The van der Waals surface area contributed by atoms with Crippen molar-refractivity contribution >= 4 is 29.1 Å². The smallest absolute Gasteiger partial charge is 0.267 e. The van der Waals surface area contributed by atoms with E-state index < -0.39 is 12.0 Å². The number of hydrogen-bond donors (Lipinski definition) is 3. The van der Waals surface area contributed by atoms with Crippen LogP contribution in [0.25, 0.3) is 0 Å². The van der Waals surface area contributed by atoms with Gasteiger partial charge in [-0.1, -0.05) is 23.7 Å². The van der Waals surface area contributed by atoms with Crippen LogP contribution in [0.1, 0.15) is 43.1 Å². The van der Waals surface area contributed by atoms with Crippen LogP contribution >= 0.6 is 11.6 Å². The summed E-state index contributed by atoms with van der Waals surface area (Å²) in [6.07, 6.45) is 4.07. The number of anilines is 1. The van der Waals surface area contributed by atoms with E-state index in [9.17, 15) is 9.59 Å². The summed E-state index contributed by atoms with van der Waals surface area (Å²) < 4.78 is 11.0. The summed E-state index contributed by atoms with van der Waals surface area (Å²) in [6, 6.07) is 10.4. The zero-order valence-corrected chi connectivity index (χ0v) is 17.9. The highest BCUT2D eigenvalue weighted by molar-refractivity contribution is 6.32. The molecule has 2 atom stereocenters. The zero-order chi connectivity index (χ0) is 22.4. The van der Waals surface area contributed by atoms with Gasteiger partial charge in [0.1, 0.15) is 23.7 Å². The van der Waals surface area contributed by atoms with E-state index in [0.717, 1.165) is 6.42 Å². The quantitative estimate of drug-likeness (QED) is 0.647. The summed E-state index contributed by atoms with van der Waals surface area (Å²) in [7, 11) is 0. The third kappa shape index (κ3) is 6.65. The molecular formula is C22H26ClN3O5. The van der Waals surface area contributed by atoms with Crippen LogP contribution in [0.4, 0.5) is 5.69 Å². The highest BCUT2D eigenvalue weighted by Gasteiger charge is 2.29. The molecule has 9 heteroatoms. The van der Waals surface area contributed by atoms with Crippen molar-refractivity contribution in [2.24, 2.45) is 5.73 Å². The SMILES string of the molecule is CC1CCC(C(=O)Nc2ccnc(C(N)=O)c2)O1.OC1CC(Oc2ccccc2Cl)C1. The first-order chi connectivity index (χ1) is 14.8. The van der Waals surface area contributed by atoms with Crippen LogP contribution in [-0.4, -0.2) is 46.3 Å². The maximum absolute atomic E-state index is 11.9. The van der Waals surface area contributed by atoms with Crippen molar-refractivity contribution in [2.45, 2.75) is 57.0 Å². The first kappa shape index (κ1) is 23.0. The number of nitrogens with two attached hydrogens (primary N) is 1. The van der Waals surface area contributed by atoms with Crippen LogP contribution in [0.3, 0.4) is 0 Å². The van der Waals surface area contributed by atoms with Crippen molar-refractivity contribution in [2.75, 3.05) is 5.32 Å². The van der Waals surface area contributed by atoms with E-state index in [4.69, 9.17) is 31.9 Å². The molecule has 1 aliphatic heterocycles. The Kier molecular flexibility index (Phi) is 7.84. The Hall–Kier alpha value is -2.68. The van der Waals surface area contributed by atoms with E-state index in [1.165, 1.54) is 12.3 Å². The van der Waals surface area contributed by atoms with Gasteiger partial charge < -0.3 is 25.6 Å². The molecular weight excluding hydrogens is 422 g/mol. The fraction of sp³-hybridized carbons (Fsp3) is 0.409. The summed E-state index contributed by atoms with van der Waals surface area (Å²) in [5.74, 6) is -0.126. The number of nitrogens with one attached hydrogen (secondary N) is 1. The van der Waals surface area contributed by atoms with Gasteiger partial charge >= 0.3 is 0 Å². The van der Waals surface area contributed by atoms with Crippen molar-refractivity contribution < 1.29 is 24.2 Å². The number of primary amides is 1. The fourth-order valence-corrected chi connectivity index (χ4v) is 3.40. The van der Waals surface area contributed by atoms with Crippen LogP contribution < -0.4 is 15.8 Å². The molecule has 2 aliphatic rings. The molecule has 1 saturated carbocycles. The monoisotopic (exact) mass is 447 g/mol. The number of rotatable bonds is 5. The summed E-state index contributed by atoms with van der Waals surface area (Å²) in [4.78, 5) is 26.6. The predicted molar refractivity (Wildman–Crippen MR) is 116 cm³/mol. The minimum absolute atomic E-state index is 0.111. The second kappa shape index (κ2) is 10.6. The van der Waals surface area contributed by atoms with Crippen LogP contribution in [0.5, 0.6) is 5.75 Å². The van der Waals surface area contributed by atoms with Crippen LogP contribution in [0.15, 0.2) is 42.6 Å². The third-order valence-corrected chi connectivity index (χ3v) is 5.32. The van der Waals surface area contributed by atoms with E-state index in [-0.39, 0.29) is 29.9 Å². The van der Waals surface area contributed by atoms with Gasteiger partial charge in [0.05, 0.1) is 17.2 Å². The van der Waals surface area contributed by atoms with Crippen molar-refractivity contribution in [3.05, 3.63) is 53.3 Å². The fourth-order valence-electron chi connectivity index (χ4n) is 3.22. The number of amides is 2. The predicted octanol–water partition coefficient (Wildman–Crippen LogP) is 2.93. The van der Waals surface area contributed by atoms with E-state index in [2.05, 4.69) is 10.3 Å². The molecule has 2 unspecified atom stereocenters. The van der Waals surface area contributed by atoms with Crippen molar-refractivity contribution in [1.82, 2.24) is 4.98 Å². The van der Waals surface area contributed by atoms with E-state index >= 15 is 0 Å². The normalized spacial score (nSPS) is 24.4. The molecule has 0 bridgehead atoms. The second-order valence-electron chi connectivity index (χ2n) is 7.59. The number of carbonyl (C=O) groups excluding carboxylic acids is 2.